The van der Waals surface area contributed by atoms with E-state index in [-0.39, 0.29) is 72.5 Å². The zero-order valence-corrected chi connectivity index (χ0v) is 27.4. The molecule has 2 aromatic rings. The molecule has 11 nitrogen and oxygen atoms in total. The van der Waals surface area contributed by atoms with Gasteiger partial charge in [0.25, 0.3) is 0 Å². The Hall–Kier alpha value is -2.40. The molecule has 5 heterocycles. The molecule has 2 fully saturated rings. The third-order valence-electron chi connectivity index (χ3n) is 7.97. The highest BCUT2D eigenvalue weighted by atomic mass is 127. The largest absolute Gasteiger partial charge is 1.00 e. The van der Waals surface area contributed by atoms with E-state index in [1.807, 2.05) is 40.8 Å². The van der Waals surface area contributed by atoms with Crippen molar-refractivity contribution in [1.29, 1.82) is 0 Å². The Labute approximate surface area is 269 Å². The average Bonchev–Trinajstić information content (AvgIpc) is 3.67. The number of likely N-dealkylation sites (tertiary alicyclic amines) is 1. The molecule has 3 aliphatic heterocycles. The van der Waals surface area contributed by atoms with Gasteiger partial charge in [-0.15, -0.1) is 11.8 Å². The summed E-state index contributed by atoms with van der Waals surface area (Å²) in [6.07, 6.45) is 4.72. The van der Waals surface area contributed by atoms with Crippen molar-refractivity contribution in [3.8, 4) is 0 Å². The molecule has 1 unspecified atom stereocenters. The highest BCUT2D eigenvalue weighted by Gasteiger charge is 2.60. The number of ether oxygens (including phenoxy) is 2. The van der Waals surface area contributed by atoms with E-state index in [9.17, 15) is 24.6 Å². The van der Waals surface area contributed by atoms with Crippen LogP contribution in [-0.2, 0) is 26.1 Å². The van der Waals surface area contributed by atoms with Crippen molar-refractivity contribution in [2.45, 2.75) is 49.8 Å². The number of thioether (sulfide) groups is 1. The molecule has 3 aliphatic rings. The fourth-order valence-electron chi connectivity index (χ4n) is 6.18. The number of thiazole rings is 1. The van der Waals surface area contributed by atoms with Gasteiger partial charge in [0.2, 0.25) is 17.1 Å². The van der Waals surface area contributed by atoms with Gasteiger partial charge in [0.05, 0.1) is 31.2 Å². The summed E-state index contributed by atoms with van der Waals surface area (Å²) in [7, 11) is 1.85. The highest BCUT2D eigenvalue weighted by Crippen LogP contribution is 2.53. The molecule has 14 heteroatoms. The average molecular weight is 731 g/mol. The van der Waals surface area contributed by atoms with Crippen LogP contribution in [0, 0.1) is 11.8 Å². The van der Waals surface area contributed by atoms with E-state index < -0.39 is 36.2 Å². The Kier molecular flexibility index (Phi) is 10.1. The molecular weight excluding hydrogens is 695 g/mol. The zero-order valence-electron chi connectivity index (χ0n) is 23.6. The molecule has 2 N–H and O–H groups in total. The van der Waals surface area contributed by atoms with E-state index in [1.165, 1.54) is 45.1 Å². The molecule has 0 saturated carbocycles. The molecule has 5 rings (SSSR count). The van der Waals surface area contributed by atoms with Gasteiger partial charge >= 0.3 is 12.1 Å². The first-order chi connectivity index (χ1) is 19.6. The number of hydrogen-bond donors (Lipinski definition) is 2. The van der Waals surface area contributed by atoms with Crippen LogP contribution in [0.1, 0.15) is 32.1 Å². The number of aromatic nitrogens is 2. The Morgan fingerprint density at radius 1 is 1.26 bits per heavy atom. The number of rotatable bonds is 10. The van der Waals surface area contributed by atoms with Gasteiger partial charge in [-0.3, -0.25) is 4.79 Å². The quantitative estimate of drug-likeness (QED) is 0.107. The van der Waals surface area contributed by atoms with E-state index in [0.717, 1.165) is 4.83 Å². The van der Waals surface area contributed by atoms with E-state index in [2.05, 4.69) is 13.2 Å². The molecule has 7 atom stereocenters. The van der Waals surface area contributed by atoms with E-state index in [4.69, 9.17) is 9.47 Å². The predicted molar refractivity (Wildman–Crippen MR) is 153 cm³/mol. The Morgan fingerprint density at radius 3 is 2.62 bits per heavy atom. The molecule has 0 aliphatic carbocycles. The monoisotopic (exact) mass is 730 g/mol. The van der Waals surface area contributed by atoms with Crippen molar-refractivity contribution in [3.05, 3.63) is 59.5 Å². The van der Waals surface area contributed by atoms with Gasteiger partial charge in [-0.05, 0) is 13.3 Å². The number of fused-ring (bicyclic) bond motifs is 2. The van der Waals surface area contributed by atoms with Crippen LogP contribution < -0.4 is 28.4 Å². The van der Waals surface area contributed by atoms with Crippen LogP contribution in [0.4, 0.5) is 4.79 Å². The SMILES string of the molecule is C=CCOC(=O)C1=C(S[C@H]2C[C@@H](C(O)c3c4scc[n+]4cn3C)N(C(=O)OCC=C)C2)[C@H](C)[C@@H]2[C@@H]([C@@H](C)O)C(=O)N12.[I-]. The first-order valence-corrected chi connectivity index (χ1v) is 15.2. The van der Waals surface area contributed by atoms with Crippen molar-refractivity contribution in [3.63, 3.8) is 0 Å². The number of aryl methyl sites for hydroxylation is 1. The standard InChI is InChI=1S/C28H35N4O7S2.HI/c1-6-9-38-27(36)22-24(15(3)20-19(16(4)33)25(35)32(20)22)41-17-12-18(31(13-17)28(37)39-10-7-2)23(34)21-26-30(8-11-40-26)14-29(21)5;/h6-8,11,14-20,23,33-34H,1-2,9-10,12-13H2,3-5H3;1H/q+1;/p-1/t15-,16-,17+,18+,19-,20-,23?;/m1./s1. The third-order valence-corrected chi connectivity index (χ3v) is 10.4. The smallest absolute Gasteiger partial charge is 0.410 e. The molecule has 0 spiro atoms. The molecule has 42 heavy (non-hydrogen) atoms. The summed E-state index contributed by atoms with van der Waals surface area (Å²) < 4.78 is 14.5. The van der Waals surface area contributed by atoms with Gasteiger partial charge in [0.1, 0.15) is 31.2 Å². The van der Waals surface area contributed by atoms with Crippen LogP contribution in [0.2, 0.25) is 0 Å². The summed E-state index contributed by atoms with van der Waals surface area (Å²) in [5.74, 6) is -1.79. The minimum absolute atomic E-state index is 0. The summed E-state index contributed by atoms with van der Waals surface area (Å²) in [5, 5.41) is 23.7. The van der Waals surface area contributed by atoms with Crippen LogP contribution in [-0.4, -0.2) is 85.7 Å². The molecule has 0 radical (unpaired) electrons. The van der Waals surface area contributed by atoms with Crippen molar-refractivity contribution in [2.24, 2.45) is 18.9 Å². The second-order valence-electron chi connectivity index (χ2n) is 10.6. The predicted octanol–water partition coefficient (Wildman–Crippen LogP) is -0.840. The number of halogens is 1. The van der Waals surface area contributed by atoms with Crippen molar-refractivity contribution in [2.75, 3.05) is 19.8 Å². The highest BCUT2D eigenvalue weighted by molar-refractivity contribution is 8.03. The number of carbonyl (C=O) groups excluding carboxylic acids is 3. The lowest BCUT2D eigenvalue weighted by atomic mass is 9.79. The number of nitrogens with zero attached hydrogens (tertiary/aromatic N) is 4. The van der Waals surface area contributed by atoms with Crippen LogP contribution in [0.15, 0.2) is 53.8 Å². The van der Waals surface area contributed by atoms with Gasteiger partial charge < -0.3 is 53.5 Å². The third kappa shape index (κ3) is 5.51. The minimum atomic E-state index is -1.00. The second-order valence-corrected chi connectivity index (χ2v) is 12.8. The zero-order chi connectivity index (χ0) is 29.6. The first-order valence-electron chi connectivity index (χ1n) is 13.5. The van der Waals surface area contributed by atoms with Crippen LogP contribution in [0.25, 0.3) is 4.83 Å². The van der Waals surface area contributed by atoms with Crippen molar-refractivity contribution < 1.29 is 62.4 Å². The summed E-state index contributed by atoms with van der Waals surface area (Å²) in [6.45, 7) is 11.0. The summed E-state index contributed by atoms with van der Waals surface area (Å²) in [5.41, 5.74) is 0.869. The Morgan fingerprint density at radius 2 is 1.95 bits per heavy atom. The number of esters is 1. The van der Waals surface area contributed by atoms with Gasteiger partial charge in [0, 0.05) is 28.0 Å². The van der Waals surface area contributed by atoms with Crippen molar-refractivity contribution in [1.82, 2.24) is 14.4 Å². The van der Waals surface area contributed by atoms with Gasteiger partial charge in [-0.2, -0.15) is 4.40 Å². The van der Waals surface area contributed by atoms with E-state index in [1.54, 1.807) is 6.92 Å². The summed E-state index contributed by atoms with van der Waals surface area (Å²) in [4.78, 5) is 43.9. The van der Waals surface area contributed by atoms with Crippen LogP contribution in [0.3, 0.4) is 0 Å². The van der Waals surface area contributed by atoms with Gasteiger partial charge in [-0.1, -0.05) is 43.6 Å². The lowest BCUT2D eigenvalue weighted by Crippen LogP contribution is -3.00. The molecule has 2 saturated heterocycles. The maximum atomic E-state index is 13.2. The Bertz CT molecular complexity index is 1420. The number of β-lactam (4-membered cyclic amide) rings is 1. The van der Waals surface area contributed by atoms with E-state index >= 15 is 0 Å². The number of imidazole rings is 1. The topological polar surface area (TPSA) is 126 Å². The number of amides is 2. The minimum Gasteiger partial charge on any atom is -1.00 e. The normalized spacial score (nSPS) is 26.4. The lowest BCUT2D eigenvalue weighted by molar-refractivity contribution is -0.508. The lowest BCUT2D eigenvalue weighted by Gasteiger charge is -2.46. The van der Waals surface area contributed by atoms with Crippen LogP contribution >= 0.6 is 23.1 Å². The van der Waals surface area contributed by atoms with Gasteiger partial charge in [0.15, 0.2) is 5.69 Å². The fraction of sp³-hybridized carbons (Fsp3) is 0.500. The van der Waals surface area contributed by atoms with Gasteiger partial charge in [-0.25, -0.2) is 14.2 Å². The molecule has 2 amide bonds. The van der Waals surface area contributed by atoms with Crippen LogP contribution in [0.5, 0.6) is 0 Å². The summed E-state index contributed by atoms with van der Waals surface area (Å²) in [6, 6.07) is -0.957. The number of carbonyl (C=O) groups is 3. The molecular formula is C28H35IN4O7S2. The van der Waals surface area contributed by atoms with E-state index in [0.29, 0.717) is 17.0 Å². The number of aliphatic hydroxyl groups is 2. The Balaban J connectivity index is 0.00000405. The maximum Gasteiger partial charge on any atom is 0.410 e. The second kappa shape index (κ2) is 13.1. The molecule has 228 valence electrons. The summed E-state index contributed by atoms with van der Waals surface area (Å²) >= 11 is 2.91. The molecule has 2 aromatic heterocycles. The first kappa shape index (κ1) is 32.5. The molecule has 0 bridgehead atoms. The number of hydrogen-bond acceptors (Lipinski definition) is 9. The molecule has 0 aromatic carbocycles. The maximum absolute atomic E-state index is 13.2. The fourth-order valence-corrected chi connectivity index (χ4v) is 8.65. The van der Waals surface area contributed by atoms with Crippen molar-refractivity contribution >= 4 is 45.9 Å². The number of aliphatic hydroxyl groups excluding tert-OH is 2.